The van der Waals surface area contributed by atoms with Crippen molar-refractivity contribution in [3.63, 3.8) is 0 Å². The fourth-order valence-corrected chi connectivity index (χ4v) is 4.26. The van der Waals surface area contributed by atoms with Gasteiger partial charge in [0.05, 0.1) is 22.0 Å². The molecule has 7 nitrogen and oxygen atoms in total. The summed E-state index contributed by atoms with van der Waals surface area (Å²) < 4.78 is 39.1. The van der Waals surface area contributed by atoms with Crippen LogP contribution < -0.4 is 9.62 Å². The highest BCUT2D eigenvalue weighted by Gasteiger charge is 2.31. The van der Waals surface area contributed by atoms with E-state index in [-0.39, 0.29) is 28.7 Å². The summed E-state index contributed by atoms with van der Waals surface area (Å²) in [5, 5.41) is 2.88. The van der Waals surface area contributed by atoms with E-state index >= 15 is 0 Å². The Balaban J connectivity index is 2.43. The molecule has 2 aromatic carbocycles. The topological polar surface area (TPSA) is 86.8 Å². The SMILES string of the molecule is CCC(C(=O)NC)N(Cc1ccc(F)cc1)C(=O)CN(c1ccc(Cl)c(Cl)c1)S(C)(=O)=O. The minimum Gasteiger partial charge on any atom is -0.357 e. The quantitative estimate of drug-likeness (QED) is 0.567. The predicted molar refractivity (Wildman–Crippen MR) is 124 cm³/mol. The molecule has 0 aliphatic rings. The zero-order valence-electron chi connectivity index (χ0n) is 17.8. The van der Waals surface area contributed by atoms with Gasteiger partial charge in [-0.05, 0) is 42.3 Å². The number of carbonyl (C=O) groups excluding carboxylic acids is 2. The van der Waals surface area contributed by atoms with E-state index in [1.165, 1.54) is 54.4 Å². The first kappa shape index (κ1) is 25.9. The summed E-state index contributed by atoms with van der Waals surface area (Å²) in [4.78, 5) is 27.0. The van der Waals surface area contributed by atoms with E-state index < -0.39 is 40.2 Å². The minimum atomic E-state index is -3.88. The van der Waals surface area contributed by atoms with Crippen molar-refractivity contribution < 1.29 is 22.4 Å². The van der Waals surface area contributed by atoms with Crippen molar-refractivity contribution in [1.29, 1.82) is 0 Å². The summed E-state index contributed by atoms with van der Waals surface area (Å²) in [6.45, 7) is 1.16. The Morgan fingerprint density at radius 3 is 2.22 bits per heavy atom. The molecule has 0 heterocycles. The van der Waals surface area contributed by atoms with Crippen molar-refractivity contribution in [1.82, 2.24) is 10.2 Å². The summed E-state index contributed by atoms with van der Waals surface area (Å²) in [5.74, 6) is -1.45. The molecule has 2 amide bonds. The van der Waals surface area contributed by atoms with Gasteiger partial charge in [0.1, 0.15) is 18.4 Å². The molecule has 11 heteroatoms. The van der Waals surface area contributed by atoms with Crippen LogP contribution in [0.4, 0.5) is 10.1 Å². The number of rotatable bonds is 9. The van der Waals surface area contributed by atoms with Crippen molar-refractivity contribution >= 4 is 50.7 Å². The van der Waals surface area contributed by atoms with Crippen LogP contribution in [-0.4, -0.2) is 51.0 Å². The van der Waals surface area contributed by atoms with Gasteiger partial charge < -0.3 is 10.2 Å². The van der Waals surface area contributed by atoms with Gasteiger partial charge in [0, 0.05) is 13.6 Å². The first-order valence-electron chi connectivity index (χ1n) is 9.66. The van der Waals surface area contributed by atoms with Crippen molar-refractivity contribution in [2.45, 2.75) is 25.9 Å². The standard InChI is InChI=1S/C21H24Cl2FN3O4S/c1-4-19(21(29)25-2)26(12-14-5-7-15(24)8-6-14)20(28)13-27(32(3,30)31)16-9-10-17(22)18(23)11-16/h5-11,19H,4,12-13H2,1-3H3,(H,25,29). The van der Waals surface area contributed by atoms with Gasteiger partial charge >= 0.3 is 0 Å². The number of anilines is 1. The van der Waals surface area contributed by atoms with Crippen LogP contribution in [0.2, 0.25) is 10.0 Å². The lowest BCUT2D eigenvalue weighted by Crippen LogP contribution is -2.51. The molecular formula is C21H24Cl2FN3O4S. The van der Waals surface area contributed by atoms with Crippen molar-refractivity contribution in [2.24, 2.45) is 0 Å². The number of likely N-dealkylation sites (N-methyl/N-ethyl adjacent to an activating group) is 1. The zero-order valence-corrected chi connectivity index (χ0v) is 20.1. The van der Waals surface area contributed by atoms with E-state index in [9.17, 15) is 22.4 Å². The summed E-state index contributed by atoms with van der Waals surface area (Å²) in [6.07, 6.45) is 1.25. The van der Waals surface area contributed by atoms with Crippen LogP contribution in [0.15, 0.2) is 42.5 Å². The number of nitrogens with one attached hydrogen (secondary N) is 1. The number of amides is 2. The molecule has 1 unspecified atom stereocenters. The van der Waals surface area contributed by atoms with Crippen LogP contribution in [0.25, 0.3) is 0 Å². The smallest absolute Gasteiger partial charge is 0.244 e. The van der Waals surface area contributed by atoms with Gasteiger partial charge in [0.2, 0.25) is 21.8 Å². The second-order valence-electron chi connectivity index (χ2n) is 7.05. The minimum absolute atomic E-state index is 0.00990. The number of hydrogen-bond acceptors (Lipinski definition) is 4. The van der Waals surface area contributed by atoms with E-state index in [2.05, 4.69) is 5.32 Å². The highest BCUT2D eigenvalue weighted by atomic mass is 35.5. The third-order valence-corrected chi connectivity index (χ3v) is 6.65. The highest BCUT2D eigenvalue weighted by molar-refractivity contribution is 7.92. The molecule has 32 heavy (non-hydrogen) atoms. The zero-order chi connectivity index (χ0) is 24.1. The molecule has 174 valence electrons. The Bertz CT molecular complexity index is 1080. The second kappa shape index (κ2) is 11.0. The Morgan fingerprint density at radius 2 is 1.72 bits per heavy atom. The molecule has 0 radical (unpaired) electrons. The molecule has 0 saturated heterocycles. The molecule has 0 saturated carbocycles. The van der Waals surface area contributed by atoms with Crippen LogP contribution in [0.5, 0.6) is 0 Å². The number of carbonyl (C=O) groups is 2. The maximum atomic E-state index is 13.3. The Hall–Kier alpha value is -2.36. The monoisotopic (exact) mass is 503 g/mol. The predicted octanol–water partition coefficient (Wildman–Crippen LogP) is 3.45. The maximum absolute atomic E-state index is 13.3. The third kappa shape index (κ3) is 6.57. The summed E-state index contributed by atoms with van der Waals surface area (Å²) in [7, 11) is -2.43. The molecule has 0 aliphatic carbocycles. The van der Waals surface area contributed by atoms with Gasteiger partial charge in [0.25, 0.3) is 0 Å². The number of nitrogens with zero attached hydrogens (tertiary/aromatic N) is 2. The van der Waals surface area contributed by atoms with Crippen molar-refractivity contribution in [3.05, 3.63) is 63.9 Å². The first-order valence-corrected chi connectivity index (χ1v) is 12.3. The largest absolute Gasteiger partial charge is 0.357 e. The fraction of sp³-hybridized carbons (Fsp3) is 0.333. The molecule has 0 fully saturated rings. The number of hydrogen-bond donors (Lipinski definition) is 1. The third-order valence-electron chi connectivity index (χ3n) is 4.77. The lowest BCUT2D eigenvalue weighted by atomic mass is 10.1. The van der Waals surface area contributed by atoms with E-state index in [0.717, 1.165) is 10.6 Å². The molecule has 2 rings (SSSR count). The van der Waals surface area contributed by atoms with Gasteiger partial charge in [-0.2, -0.15) is 0 Å². The van der Waals surface area contributed by atoms with E-state index in [4.69, 9.17) is 23.2 Å². The Morgan fingerprint density at radius 1 is 1.09 bits per heavy atom. The van der Waals surface area contributed by atoms with E-state index in [1.54, 1.807) is 6.92 Å². The first-order chi connectivity index (χ1) is 15.0. The molecule has 0 bridgehead atoms. The summed E-state index contributed by atoms with van der Waals surface area (Å²) in [6, 6.07) is 8.85. The molecular weight excluding hydrogens is 480 g/mol. The summed E-state index contributed by atoms with van der Waals surface area (Å²) >= 11 is 12.0. The van der Waals surface area contributed by atoms with Crippen LogP contribution in [0, 0.1) is 5.82 Å². The van der Waals surface area contributed by atoms with E-state index in [1.807, 2.05) is 0 Å². The van der Waals surface area contributed by atoms with E-state index in [0.29, 0.717) is 5.56 Å². The van der Waals surface area contributed by atoms with Gasteiger partial charge in [-0.15, -0.1) is 0 Å². The van der Waals surface area contributed by atoms with Crippen molar-refractivity contribution in [2.75, 3.05) is 24.2 Å². The summed E-state index contributed by atoms with van der Waals surface area (Å²) in [5.41, 5.74) is 0.743. The van der Waals surface area contributed by atoms with Crippen LogP contribution >= 0.6 is 23.2 Å². The maximum Gasteiger partial charge on any atom is 0.244 e. The van der Waals surface area contributed by atoms with Crippen molar-refractivity contribution in [3.8, 4) is 0 Å². The molecule has 2 aromatic rings. The normalized spacial score (nSPS) is 12.2. The Kier molecular flexibility index (Phi) is 8.89. The number of sulfonamides is 1. The lowest BCUT2D eigenvalue weighted by molar-refractivity contribution is -0.140. The van der Waals surface area contributed by atoms with Gasteiger partial charge in [-0.3, -0.25) is 13.9 Å². The fourth-order valence-electron chi connectivity index (χ4n) is 3.13. The van der Waals surface area contributed by atoms with Crippen LogP contribution in [0.3, 0.4) is 0 Å². The van der Waals surface area contributed by atoms with Gasteiger partial charge in [-0.25, -0.2) is 12.8 Å². The molecule has 1 N–H and O–H groups in total. The van der Waals surface area contributed by atoms with Gasteiger partial charge in [-0.1, -0.05) is 42.3 Å². The molecule has 0 aromatic heterocycles. The number of benzene rings is 2. The molecule has 0 aliphatic heterocycles. The van der Waals surface area contributed by atoms with Gasteiger partial charge in [0.15, 0.2) is 0 Å². The average Bonchev–Trinajstić information content (AvgIpc) is 2.74. The van der Waals surface area contributed by atoms with Crippen LogP contribution in [-0.2, 0) is 26.2 Å². The van der Waals surface area contributed by atoms with Crippen LogP contribution in [0.1, 0.15) is 18.9 Å². The molecule has 1 atom stereocenters. The second-order valence-corrected chi connectivity index (χ2v) is 9.78. The molecule has 0 spiro atoms. The Labute approximate surface area is 197 Å². The number of halogens is 3. The highest BCUT2D eigenvalue weighted by Crippen LogP contribution is 2.28. The lowest BCUT2D eigenvalue weighted by Gasteiger charge is -2.32. The average molecular weight is 504 g/mol.